The lowest BCUT2D eigenvalue weighted by Gasteiger charge is -2.10. The third kappa shape index (κ3) is 3.03. The molecule has 0 spiro atoms. The van der Waals surface area contributed by atoms with Crippen LogP contribution in [0.4, 0.5) is 0 Å². The van der Waals surface area contributed by atoms with Gasteiger partial charge >= 0.3 is 0 Å². The van der Waals surface area contributed by atoms with E-state index >= 15 is 0 Å². The maximum atomic E-state index is 8.91. The molecule has 0 bridgehead atoms. The Bertz CT molecular complexity index is 265. The first-order valence-corrected chi connectivity index (χ1v) is 5.21. The Morgan fingerprint density at radius 2 is 2.15 bits per heavy atom. The molecule has 1 unspecified atom stereocenters. The summed E-state index contributed by atoms with van der Waals surface area (Å²) in [5, 5.41) is 9.14. The fourth-order valence-electron chi connectivity index (χ4n) is 1.04. The number of thioether (sulfide) groups is 1. The van der Waals surface area contributed by atoms with Crippen LogP contribution in [0.15, 0.2) is 29.2 Å². The van der Waals surface area contributed by atoms with Crippen molar-refractivity contribution in [1.29, 1.82) is 0 Å². The van der Waals surface area contributed by atoms with Crippen molar-refractivity contribution >= 4 is 11.8 Å². The fraction of sp³-hybridized carbons (Fsp3) is 0.400. The first-order valence-electron chi connectivity index (χ1n) is 4.33. The number of aliphatic hydroxyl groups excluding tert-OH is 1. The maximum absolute atomic E-state index is 8.91. The molecule has 13 heavy (non-hydrogen) atoms. The summed E-state index contributed by atoms with van der Waals surface area (Å²) < 4.78 is 0. The van der Waals surface area contributed by atoms with Crippen LogP contribution in [0.2, 0.25) is 0 Å². The van der Waals surface area contributed by atoms with Crippen LogP contribution in [0.1, 0.15) is 12.5 Å². The highest BCUT2D eigenvalue weighted by molar-refractivity contribution is 8.00. The zero-order valence-corrected chi connectivity index (χ0v) is 8.55. The van der Waals surface area contributed by atoms with Crippen LogP contribution in [0.5, 0.6) is 0 Å². The molecule has 0 heterocycles. The molecule has 0 amide bonds. The van der Waals surface area contributed by atoms with Gasteiger partial charge in [-0.05, 0) is 11.6 Å². The van der Waals surface area contributed by atoms with Gasteiger partial charge in [-0.15, -0.1) is 11.8 Å². The van der Waals surface area contributed by atoms with Crippen molar-refractivity contribution in [2.75, 3.05) is 6.61 Å². The van der Waals surface area contributed by atoms with E-state index in [0.29, 0.717) is 6.54 Å². The molecule has 0 radical (unpaired) electrons. The van der Waals surface area contributed by atoms with Gasteiger partial charge < -0.3 is 10.8 Å². The normalized spacial score (nSPS) is 12.8. The van der Waals surface area contributed by atoms with E-state index in [1.165, 1.54) is 4.90 Å². The first-order chi connectivity index (χ1) is 6.27. The van der Waals surface area contributed by atoms with Gasteiger partial charge in [0.05, 0.1) is 6.61 Å². The second-order valence-corrected chi connectivity index (χ2v) is 4.40. The van der Waals surface area contributed by atoms with E-state index < -0.39 is 0 Å². The molecule has 1 rings (SSSR count). The minimum atomic E-state index is 0.198. The van der Waals surface area contributed by atoms with Crippen LogP contribution in [-0.2, 0) is 6.54 Å². The zero-order chi connectivity index (χ0) is 9.68. The summed E-state index contributed by atoms with van der Waals surface area (Å²) in [6.45, 7) is 2.75. The molecule has 1 aromatic carbocycles. The van der Waals surface area contributed by atoms with Gasteiger partial charge in [-0.1, -0.05) is 25.1 Å². The molecule has 0 aliphatic carbocycles. The average Bonchev–Trinajstić information content (AvgIpc) is 2.18. The van der Waals surface area contributed by atoms with Crippen molar-refractivity contribution in [2.45, 2.75) is 23.6 Å². The monoisotopic (exact) mass is 197 g/mol. The number of hydrogen-bond acceptors (Lipinski definition) is 3. The highest BCUT2D eigenvalue weighted by Gasteiger charge is 2.05. The fourth-order valence-corrected chi connectivity index (χ4v) is 2.01. The molecular formula is C10H15NOS. The van der Waals surface area contributed by atoms with Crippen LogP contribution in [-0.4, -0.2) is 17.0 Å². The summed E-state index contributed by atoms with van der Waals surface area (Å²) >= 11 is 1.66. The lowest BCUT2D eigenvalue weighted by molar-refractivity contribution is 0.300. The van der Waals surface area contributed by atoms with Gasteiger partial charge in [0, 0.05) is 16.7 Å². The van der Waals surface area contributed by atoms with Crippen LogP contribution in [0.25, 0.3) is 0 Å². The Balaban J connectivity index is 2.74. The maximum Gasteiger partial charge on any atom is 0.0550 e. The highest BCUT2D eigenvalue weighted by atomic mass is 32.2. The predicted molar refractivity (Wildman–Crippen MR) is 56.7 cm³/mol. The molecule has 0 aromatic heterocycles. The predicted octanol–water partition coefficient (Wildman–Crippen LogP) is 1.62. The quantitative estimate of drug-likeness (QED) is 0.721. The van der Waals surface area contributed by atoms with Crippen molar-refractivity contribution < 1.29 is 5.11 Å². The molecule has 2 nitrogen and oxygen atoms in total. The second kappa shape index (κ2) is 5.27. The lowest BCUT2D eigenvalue weighted by Crippen LogP contribution is -2.04. The summed E-state index contributed by atoms with van der Waals surface area (Å²) in [5.74, 6) is 0. The molecule has 1 atom stereocenters. The molecule has 0 saturated heterocycles. The molecular weight excluding hydrogens is 182 g/mol. The lowest BCUT2D eigenvalue weighted by atomic mass is 10.2. The van der Waals surface area contributed by atoms with Crippen molar-refractivity contribution in [2.24, 2.45) is 5.73 Å². The van der Waals surface area contributed by atoms with Crippen LogP contribution < -0.4 is 5.73 Å². The number of hydrogen-bond donors (Lipinski definition) is 2. The molecule has 72 valence electrons. The van der Waals surface area contributed by atoms with Gasteiger partial charge in [0.15, 0.2) is 0 Å². The van der Waals surface area contributed by atoms with Crippen LogP contribution in [0, 0.1) is 0 Å². The Kier molecular flexibility index (Phi) is 4.28. The first kappa shape index (κ1) is 10.6. The van der Waals surface area contributed by atoms with E-state index in [1.54, 1.807) is 11.8 Å². The van der Waals surface area contributed by atoms with E-state index in [2.05, 4.69) is 0 Å². The summed E-state index contributed by atoms with van der Waals surface area (Å²) in [5.41, 5.74) is 6.74. The molecule has 0 fully saturated rings. The van der Waals surface area contributed by atoms with Crippen LogP contribution >= 0.6 is 11.8 Å². The van der Waals surface area contributed by atoms with Crippen molar-refractivity contribution in [3.63, 3.8) is 0 Å². The summed E-state index contributed by atoms with van der Waals surface area (Å²) in [4.78, 5) is 1.17. The third-order valence-corrected chi connectivity index (χ3v) is 2.98. The van der Waals surface area contributed by atoms with Crippen molar-refractivity contribution in [3.05, 3.63) is 29.8 Å². The number of rotatable bonds is 4. The minimum Gasteiger partial charge on any atom is -0.395 e. The summed E-state index contributed by atoms with van der Waals surface area (Å²) in [7, 11) is 0. The standard InChI is InChI=1S/C10H15NOS/c1-8(7-12)13-10-5-3-2-4-9(10)6-11/h2-5,8,12H,6-7,11H2,1H3. The Labute approximate surface area is 83.1 Å². The van der Waals surface area contributed by atoms with Gasteiger partial charge in [0.1, 0.15) is 0 Å². The summed E-state index contributed by atoms with van der Waals surface area (Å²) in [6.07, 6.45) is 0. The Hall–Kier alpha value is -0.510. The van der Waals surface area contributed by atoms with Gasteiger partial charge in [0.25, 0.3) is 0 Å². The molecule has 0 aliphatic heterocycles. The van der Waals surface area contributed by atoms with Crippen molar-refractivity contribution in [3.8, 4) is 0 Å². The smallest absolute Gasteiger partial charge is 0.0550 e. The Morgan fingerprint density at radius 1 is 1.46 bits per heavy atom. The minimum absolute atomic E-state index is 0.198. The molecule has 0 saturated carbocycles. The van der Waals surface area contributed by atoms with E-state index in [-0.39, 0.29) is 11.9 Å². The number of benzene rings is 1. The molecule has 1 aromatic rings. The number of nitrogens with two attached hydrogens (primary N) is 1. The van der Waals surface area contributed by atoms with Gasteiger partial charge in [-0.25, -0.2) is 0 Å². The van der Waals surface area contributed by atoms with Crippen molar-refractivity contribution in [1.82, 2.24) is 0 Å². The SMILES string of the molecule is CC(CO)Sc1ccccc1CN. The second-order valence-electron chi connectivity index (χ2n) is 2.92. The average molecular weight is 197 g/mol. The van der Waals surface area contributed by atoms with Gasteiger partial charge in [0.2, 0.25) is 0 Å². The van der Waals surface area contributed by atoms with E-state index in [4.69, 9.17) is 10.8 Å². The largest absolute Gasteiger partial charge is 0.395 e. The zero-order valence-electron chi connectivity index (χ0n) is 7.73. The number of aliphatic hydroxyl groups is 1. The molecule has 0 aliphatic rings. The van der Waals surface area contributed by atoms with E-state index in [0.717, 1.165) is 5.56 Å². The highest BCUT2D eigenvalue weighted by Crippen LogP contribution is 2.25. The molecule has 3 N–H and O–H groups in total. The third-order valence-electron chi connectivity index (χ3n) is 1.78. The van der Waals surface area contributed by atoms with Gasteiger partial charge in [-0.2, -0.15) is 0 Å². The topological polar surface area (TPSA) is 46.2 Å². The summed E-state index contributed by atoms with van der Waals surface area (Å²) in [6, 6.07) is 8.03. The Morgan fingerprint density at radius 3 is 2.77 bits per heavy atom. The van der Waals surface area contributed by atoms with Gasteiger partial charge in [-0.3, -0.25) is 0 Å². The van der Waals surface area contributed by atoms with E-state index in [1.807, 2.05) is 31.2 Å². The van der Waals surface area contributed by atoms with Crippen LogP contribution in [0.3, 0.4) is 0 Å². The van der Waals surface area contributed by atoms with E-state index in [9.17, 15) is 0 Å². The molecule has 3 heteroatoms.